The largest absolute Gasteiger partial charge is 0.223 e. The smallest absolute Gasteiger partial charge is 0.0961 e. The summed E-state index contributed by atoms with van der Waals surface area (Å²) in [5.41, 5.74) is -1.47. The maximum Gasteiger partial charge on any atom is 0.223 e. The zero-order valence-electron chi connectivity index (χ0n) is 8.28. The minimum absolute atomic E-state index is 1.41. The van der Waals surface area contributed by atoms with Gasteiger partial charge in [0, 0.05) is 5.41 Å². The van der Waals surface area contributed by atoms with E-state index in [4.69, 9.17) is 116 Å². The van der Waals surface area contributed by atoms with E-state index in [9.17, 15) is 0 Å². The highest BCUT2D eigenvalue weighted by Gasteiger charge is 2.69. The summed E-state index contributed by atoms with van der Waals surface area (Å²) in [6, 6.07) is 0. The molecule has 0 radical (unpaired) electrons. The molecule has 0 aliphatic heterocycles. The molecule has 17 heavy (non-hydrogen) atoms. The van der Waals surface area contributed by atoms with Crippen LogP contribution in [0.4, 0.5) is 0 Å². The van der Waals surface area contributed by atoms with Crippen LogP contribution in [0.5, 0.6) is 0 Å². The van der Waals surface area contributed by atoms with E-state index in [-0.39, 0.29) is 0 Å². The normalized spacial score (nSPS) is 16.2. The van der Waals surface area contributed by atoms with Gasteiger partial charge in [0.1, 0.15) is 0 Å². The van der Waals surface area contributed by atoms with E-state index in [0.717, 1.165) is 0 Å². The number of halogens is 10. The molecule has 0 amide bonds. The maximum atomic E-state index is 6.02. The number of alkyl halides is 10. The summed E-state index contributed by atoms with van der Waals surface area (Å²) in [5, 5.41) is 0. The lowest BCUT2D eigenvalue weighted by molar-refractivity contribution is 0.273. The van der Waals surface area contributed by atoms with Crippen molar-refractivity contribution in [3.05, 3.63) is 0 Å². The third-order valence-electron chi connectivity index (χ3n) is 2.28. The first kappa shape index (κ1) is 19.9. The van der Waals surface area contributed by atoms with Crippen LogP contribution >= 0.6 is 116 Å². The minimum atomic E-state index is -2.09. The minimum Gasteiger partial charge on any atom is -0.0961 e. The van der Waals surface area contributed by atoms with Crippen molar-refractivity contribution in [2.45, 2.75) is 30.1 Å². The molecule has 0 atom stereocenters. The van der Waals surface area contributed by atoms with E-state index in [0.29, 0.717) is 0 Å². The Kier molecular flexibility index (Phi) is 6.55. The van der Waals surface area contributed by atoms with E-state index in [2.05, 4.69) is 0 Å². The fraction of sp³-hybridized carbons (Fsp3) is 1.00. The zero-order valence-corrected chi connectivity index (χ0v) is 15.8. The summed E-state index contributed by atoms with van der Waals surface area (Å²) in [7, 11) is 0. The molecule has 0 fully saturated rings. The second-order valence-electron chi connectivity index (χ2n) is 3.77. The Morgan fingerprint density at radius 1 is 0.471 bits per heavy atom. The molecule has 0 aliphatic rings. The van der Waals surface area contributed by atoms with Gasteiger partial charge in [0.05, 0.1) is 0 Å². The first-order valence-corrected chi connectivity index (χ1v) is 7.67. The van der Waals surface area contributed by atoms with Gasteiger partial charge in [-0.1, -0.05) is 130 Å². The van der Waals surface area contributed by atoms with Crippen LogP contribution in [0.3, 0.4) is 0 Å². The molecule has 0 aromatic carbocycles. The highest BCUT2D eigenvalue weighted by Crippen LogP contribution is 2.66. The lowest BCUT2D eigenvalue weighted by Gasteiger charge is -2.50. The van der Waals surface area contributed by atoms with Crippen molar-refractivity contribution in [2.75, 3.05) is 0 Å². The molecule has 0 aliphatic carbocycles. The van der Waals surface area contributed by atoms with Crippen LogP contribution in [0.15, 0.2) is 0 Å². The van der Waals surface area contributed by atoms with E-state index >= 15 is 0 Å². The van der Waals surface area contributed by atoms with Gasteiger partial charge < -0.3 is 0 Å². The van der Waals surface area contributed by atoms with Crippen LogP contribution in [0.2, 0.25) is 0 Å². The molecule has 0 heterocycles. The molecule has 0 spiro atoms. The Hall–Kier alpha value is 2.90. The van der Waals surface area contributed by atoms with E-state index < -0.39 is 21.7 Å². The first-order chi connectivity index (χ1) is 7.00. The predicted molar refractivity (Wildman–Crippen MR) is 83.2 cm³/mol. The van der Waals surface area contributed by atoms with Crippen LogP contribution in [0.25, 0.3) is 0 Å². The summed E-state index contributed by atoms with van der Waals surface area (Å²) < 4.78 is -8.19. The van der Waals surface area contributed by atoms with Crippen molar-refractivity contribution < 1.29 is 0 Å². The highest BCUT2D eigenvalue weighted by atomic mass is 35.6. The standard InChI is InChI=1S/C7H6Cl10/c1-3(2,4(8,9)6(12,13)14)5(10,11)7(15,16)17/h1-2H3. The maximum absolute atomic E-state index is 6.02. The second-order valence-corrected chi connectivity index (χ2v) is 11.0. The first-order valence-electron chi connectivity index (χ1n) is 3.89. The van der Waals surface area contributed by atoms with Gasteiger partial charge >= 0.3 is 0 Å². The quantitative estimate of drug-likeness (QED) is 0.398. The van der Waals surface area contributed by atoms with Crippen LogP contribution in [0.1, 0.15) is 13.8 Å². The molecule has 0 rings (SSSR count). The van der Waals surface area contributed by atoms with Gasteiger partial charge in [-0.3, -0.25) is 0 Å². The lowest BCUT2D eigenvalue weighted by atomic mass is 9.84. The molecule has 0 nitrogen and oxygen atoms in total. The Bertz CT molecular complexity index is 252. The summed E-state index contributed by atoms with van der Waals surface area (Å²) in [6.45, 7) is 2.83. The van der Waals surface area contributed by atoms with Gasteiger partial charge in [-0.25, -0.2) is 0 Å². The highest BCUT2D eigenvalue weighted by molar-refractivity contribution is 6.78. The van der Waals surface area contributed by atoms with Crippen LogP contribution in [0, 0.1) is 5.41 Å². The predicted octanol–water partition coefficient (Wildman–Crippen LogP) is 7.10. The Labute approximate surface area is 150 Å². The van der Waals surface area contributed by atoms with Crippen molar-refractivity contribution in [1.29, 1.82) is 0 Å². The molecule has 0 bridgehead atoms. The van der Waals surface area contributed by atoms with Gasteiger partial charge in [0.2, 0.25) is 7.59 Å². The van der Waals surface area contributed by atoms with Crippen LogP contribution in [-0.4, -0.2) is 16.3 Å². The van der Waals surface area contributed by atoms with Crippen LogP contribution < -0.4 is 0 Å². The molecular formula is C7H6Cl10. The van der Waals surface area contributed by atoms with Crippen molar-refractivity contribution in [1.82, 2.24) is 0 Å². The van der Waals surface area contributed by atoms with E-state index in [1.54, 1.807) is 0 Å². The molecule has 0 saturated carbocycles. The number of rotatable bonds is 2. The average molecular weight is 445 g/mol. The summed E-state index contributed by atoms with van der Waals surface area (Å²) in [5.74, 6) is 0. The fourth-order valence-corrected chi connectivity index (χ4v) is 3.08. The SMILES string of the molecule is CC(C)(C(Cl)(Cl)C(Cl)(Cl)Cl)C(Cl)(Cl)C(Cl)(Cl)Cl. The topological polar surface area (TPSA) is 0 Å². The van der Waals surface area contributed by atoms with E-state index in [1.165, 1.54) is 13.8 Å². The molecule has 0 unspecified atom stereocenters. The van der Waals surface area contributed by atoms with Gasteiger partial charge in [-0.2, -0.15) is 0 Å². The third kappa shape index (κ3) is 3.57. The van der Waals surface area contributed by atoms with Crippen molar-refractivity contribution in [3.63, 3.8) is 0 Å². The van der Waals surface area contributed by atoms with Crippen molar-refractivity contribution >= 4 is 116 Å². The zero-order chi connectivity index (χ0) is 14.5. The molecule has 10 heteroatoms. The summed E-state index contributed by atoms with van der Waals surface area (Å²) in [6.07, 6.45) is 0. The lowest BCUT2D eigenvalue weighted by Crippen LogP contribution is -2.58. The third-order valence-corrected chi connectivity index (χ3v) is 8.17. The van der Waals surface area contributed by atoms with Gasteiger partial charge in [-0.15, -0.1) is 0 Å². The monoisotopic (exact) mass is 440 g/mol. The second kappa shape index (κ2) is 5.59. The van der Waals surface area contributed by atoms with Gasteiger partial charge in [0.15, 0.2) is 8.67 Å². The molecule has 104 valence electrons. The fourth-order valence-electron chi connectivity index (χ4n) is 0.906. The average Bonchev–Trinajstić information content (AvgIpc) is 1.98. The van der Waals surface area contributed by atoms with Crippen molar-refractivity contribution in [2.24, 2.45) is 5.41 Å². The van der Waals surface area contributed by atoms with Gasteiger partial charge in [0.25, 0.3) is 0 Å². The molecule has 0 aromatic rings. The molecular weight excluding hydrogens is 439 g/mol. The Morgan fingerprint density at radius 3 is 0.765 bits per heavy atom. The van der Waals surface area contributed by atoms with Crippen molar-refractivity contribution in [3.8, 4) is 0 Å². The number of hydrogen-bond donors (Lipinski definition) is 0. The summed E-state index contributed by atoms with van der Waals surface area (Å²) in [4.78, 5) is 0. The Balaban J connectivity index is 5.73. The molecule has 0 N–H and O–H groups in total. The van der Waals surface area contributed by atoms with Gasteiger partial charge in [-0.05, 0) is 0 Å². The molecule has 0 saturated heterocycles. The van der Waals surface area contributed by atoms with Crippen LogP contribution in [-0.2, 0) is 0 Å². The Morgan fingerprint density at radius 2 is 0.647 bits per heavy atom. The van der Waals surface area contributed by atoms with E-state index in [1.807, 2.05) is 0 Å². The summed E-state index contributed by atoms with van der Waals surface area (Å²) >= 11 is 58.2. The number of hydrogen-bond acceptors (Lipinski definition) is 0. The molecule has 0 aromatic heterocycles.